The Labute approximate surface area is 54.4 Å². The van der Waals surface area contributed by atoms with Crippen molar-refractivity contribution in [3.63, 3.8) is 0 Å². The minimum atomic E-state index is -4.48. The van der Waals surface area contributed by atoms with Gasteiger partial charge < -0.3 is 4.74 Å². The molecule has 0 fully saturated rings. The van der Waals surface area contributed by atoms with Crippen LogP contribution in [0.3, 0.4) is 0 Å². The number of hydrogen-bond donors (Lipinski definition) is 0. The lowest BCUT2D eigenvalue weighted by Gasteiger charge is -2.03. The molecule has 0 bridgehead atoms. The molecule has 0 aromatic heterocycles. The van der Waals surface area contributed by atoms with E-state index >= 15 is 0 Å². The molecule has 0 spiro atoms. The van der Waals surface area contributed by atoms with Crippen LogP contribution in [0.25, 0.3) is 0 Å². The van der Waals surface area contributed by atoms with Crippen LogP contribution in [-0.4, -0.2) is 25.4 Å². The lowest BCUT2D eigenvalue weighted by molar-refractivity contribution is -0.181. The van der Waals surface area contributed by atoms with Gasteiger partial charge in [0, 0.05) is 0 Å². The number of alkyl halides is 3. The molecule has 0 atom stereocenters. The average Bonchev–Trinajstić information content (AvgIpc) is 1.59. The van der Waals surface area contributed by atoms with Crippen molar-refractivity contribution in [3.05, 3.63) is 0 Å². The Morgan fingerprint density at radius 2 is 1.90 bits per heavy atom. The minimum absolute atomic E-state index is 1.03. The zero-order valence-electron chi connectivity index (χ0n) is 4.77. The highest BCUT2D eigenvalue weighted by molar-refractivity contribution is 5.67. The minimum Gasteiger partial charge on any atom is -0.360 e. The number of carbonyl (C=O) groups is 1. The topological polar surface area (TPSA) is 46.2 Å². The molecule has 0 rings (SSSR count). The summed E-state index contributed by atoms with van der Waals surface area (Å²) in [5.74, 6) is -1.66. The predicted molar refractivity (Wildman–Crippen MR) is 22.6 cm³/mol. The molecule has 0 N–H and O–H groups in total. The highest BCUT2D eigenvalue weighted by Gasteiger charge is 2.27. The van der Waals surface area contributed by atoms with Crippen molar-refractivity contribution in [2.75, 3.05) is 13.2 Å². The van der Waals surface area contributed by atoms with Gasteiger partial charge in [0.25, 0.3) is 0 Å². The van der Waals surface area contributed by atoms with Gasteiger partial charge in [0.1, 0.15) is 13.2 Å². The summed E-state index contributed by atoms with van der Waals surface area (Å²) in [4.78, 5) is 9.48. The SMILES string of the molecule is [O]C(=O)COCC(F)(F)F. The largest absolute Gasteiger partial charge is 0.411 e. The first kappa shape index (κ1) is 9.22. The molecule has 0 unspecified atom stereocenters. The summed E-state index contributed by atoms with van der Waals surface area (Å²) in [5.41, 5.74) is 0. The van der Waals surface area contributed by atoms with Crippen LogP contribution in [0.2, 0.25) is 0 Å². The van der Waals surface area contributed by atoms with E-state index < -0.39 is 25.4 Å². The molecule has 3 nitrogen and oxygen atoms in total. The lowest BCUT2D eigenvalue weighted by atomic mass is 10.7. The fourth-order valence-electron chi connectivity index (χ4n) is 0.250. The Bertz CT molecular complexity index is 119. The Kier molecular flexibility index (Phi) is 3.14. The summed E-state index contributed by atoms with van der Waals surface area (Å²) in [5, 5.41) is 9.48. The molecule has 0 aromatic carbocycles. The molecule has 6 heteroatoms. The van der Waals surface area contributed by atoms with Gasteiger partial charge in [-0.05, 0) is 0 Å². The Morgan fingerprint density at radius 3 is 2.20 bits per heavy atom. The second-order valence-electron chi connectivity index (χ2n) is 1.48. The smallest absolute Gasteiger partial charge is 0.360 e. The van der Waals surface area contributed by atoms with Crippen molar-refractivity contribution >= 4 is 5.97 Å². The van der Waals surface area contributed by atoms with Crippen molar-refractivity contribution in [2.45, 2.75) is 6.18 Å². The molecular formula is C4H4F3O3. The second kappa shape index (κ2) is 3.40. The number of carbonyl (C=O) groups excluding carboxylic acids is 1. The standard InChI is InChI=1S/C4H4F3O3/c5-4(6,7)2-10-1-3(8)9/h1-2H2. The first-order valence-corrected chi connectivity index (χ1v) is 2.26. The summed E-state index contributed by atoms with van der Waals surface area (Å²) in [6.45, 7) is -2.58. The number of rotatable bonds is 3. The summed E-state index contributed by atoms with van der Waals surface area (Å²) in [7, 11) is 0. The quantitative estimate of drug-likeness (QED) is 0.599. The Hall–Kier alpha value is -0.780. The van der Waals surface area contributed by atoms with Crippen LogP contribution in [-0.2, 0) is 14.6 Å². The normalized spacial score (nSPS) is 11.5. The molecule has 0 aliphatic heterocycles. The van der Waals surface area contributed by atoms with E-state index in [9.17, 15) is 23.1 Å². The fraction of sp³-hybridized carbons (Fsp3) is 0.750. The van der Waals surface area contributed by atoms with Gasteiger partial charge >= 0.3 is 12.1 Å². The van der Waals surface area contributed by atoms with Crippen LogP contribution in [0, 0.1) is 0 Å². The molecule has 0 amide bonds. The van der Waals surface area contributed by atoms with Crippen molar-refractivity contribution in [3.8, 4) is 0 Å². The van der Waals surface area contributed by atoms with E-state index in [0.717, 1.165) is 0 Å². The summed E-state index contributed by atoms with van der Waals surface area (Å²) in [6.07, 6.45) is -4.48. The molecule has 10 heavy (non-hydrogen) atoms. The molecule has 0 heterocycles. The van der Waals surface area contributed by atoms with Crippen molar-refractivity contribution in [2.24, 2.45) is 0 Å². The number of hydrogen-bond acceptors (Lipinski definition) is 2. The van der Waals surface area contributed by atoms with Gasteiger partial charge in [-0.25, -0.2) is 9.90 Å². The van der Waals surface area contributed by atoms with E-state index in [1.807, 2.05) is 0 Å². The first-order valence-electron chi connectivity index (χ1n) is 2.26. The van der Waals surface area contributed by atoms with E-state index in [4.69, 9.17) is 0 Å². The average molecular weight is 157 g/mol. The van der Waals surface area contributed by atoms with E-state index in [0.29, 0.717) is 0 Å². The monoisotopic (exact) mass is 157 g/mol. The summed E-state index contributed by atoms with van der Waals surface area (Å²) < 4.78 is 37.2. The third-order valence-corrected chi connectivity index (χ3v) is 0.486. The van der Waals surface area contributed by atoms with E-state index in [-0.39, 0.29) is 0 Å². The fourth-order valence-corrected chi connectivity index (χ4v) is 0.250. The summed E-state index contributed by atoms with van der Waals surface area (Å²) >= 11 is 0. The van der Waals surface area contributed by atoms with Crippen LogP contribution in [0.5, 0.6) is 0 Å². The van der Waals surface area contributed by atoms with Gasteiger partial charge in [-0.2, -0.15) is 13.2 Å². The van der Waals surface area contributed by atoms with Gasteiger partial charge in [-0.1, -0.05) is 0 Å². The molecule has 1 radical (unpaired) electrons. The maximum Gasteiger partial charge on any atom is 0.411 e. The van der Waals surface area contributed by atoms with Crippen LogP contribution in [0.4, 0.5) is 13.2 Å². The second-order valence-corrected chi connectivity index (χ2v) is 1.48. The Balaban J connectivity index is 3.29. The van der Waals surface area contributed by atoms with Crippen LogP contribution in [0.1, 0.15) is 0 Å². The zero-order chi connectivity index (χ0) is 8.20. The number of halogens is 3. The van der Waals surface area contributed by atoms with Gasteiger partial charge in [0.05, 0.1) is 0 Å². The van der Waals surface area contributed by atoms with Crippen LogP contribution < -0.4 is 0 Å². The Morgan fingerprint density at radius 1 is 1.40 bits per heavy atom. The third-order valence-electron chi connectivity index (χ3n) is 0.486. The molecule has 59 valence electrons. The van der Waals surface area contributed by atoms with Crippen LogP contribution >= 0.6 is 0 Å². The van der Waals surface area contributed by atoms with Gasteiger partial charge in [0.2, 0.25) is 0 Å². The van der Waals surface area contributed by atoms with E-state index in [1.165, 1.54) is 0 Å². The molecule has 0 saturated heterocycles. The predicted octanol–water partition coefficient (Wildman–Crippen LogP) is 0.522. The van der Waals surface area contributed by atoms with Gasteiger partial charge in [-0.3, -0.25) is 0 Å². The molecule has 0 aromatic rings. The molecule has 0 saturated carbocycles. The van der Waals surface area contributed by atoms with Crippen LogP contribution in [0.15, 0.2) is 0 Å². The van der Waals surface area contributed by atoms with E-state index in [1.54, 1.807) is 0 Å². The van der Waals surface area contributed by atoms with Gasteiger partial charge in [-0.15, -0.1) is 0 Å². The third kappa shape index (κ3) is 7.22. The lowest BCUT2D eigenvalue weighted by Crippen LogP contribution is -2.19. The first-order chi connectivity index (χ1) is 4.42. The van der Waals surface area contributed by atoms with Crippen molar-refractivity contribution < 1.29 is 27.8 Å². The van der Waals surface area contributed by atoms with Crippen molar-refractivity contribution in [1.29, 1.82) is 0 Å². The van der Waals surface area contributed by atoms with E-state index in [2.05, 4.69) is 4.74 Å². The maximum absolute atomic E-state index is 11.2. The molecule has 0 aliphatic rings. The van der Waals surface area contributed by atoms with Crippen molar-refractivity contribution in [1.82, 2.24) is 0 Å². The van der Waals surface area contributed by atoms with Gasteiger partial charge in [0.15, 0.2) is 0 Å². The zero-order valence-corrected chi connectivity index (χ0v) is 4.77. The molecule has 0 aliphatic carbocycles. The highest BCUT2D eigenvalue weighted by Crippen LogP contribution is 2.13. The highest BCUT2D eigenvalue weighted by atomic mass is 19.4. The molecular weight excluding hydrogens is 153 g/mol. The summed E-state index contributed by atoms with van der Waals surface area (Å²) in [6, 6.07) is 0. The number of ether oxygens (including phenoxy) is 1. The maximum atomic E-state index is 11.2.